The van der Waals surface area contributed by atoms with Crippen LogP contribution in [0.4, 0.5) is 0 Å². The molecule has 0 saturated heterocycles. The Kier molecular flexibility index (Phi) is 11.7. The van der Waals surface area contributed by atoms with Gasteiger partial charge in [0.1, 0.15) is 0 Å². The molecule has 0 heterocycles. The summed E-state index contributed by atoms with van der Waals surface area (Å²) in [6, 6.07) is 0. The molecule has 4 heteroatoms. The van der Waals surface area contributed by atoms with E-state index in [-0.39, 0.29) is 19.0 Å². The normalized spacial score (nSPS) is 12.3. The smallest absolute Gasteiger partial charge is 0.0771 e. The van der Waals surface area contributed by atoms with Gasteiger partial charge >= 0.3 is 0 Å². The predicted octanol–water partition coefficient (Wildman–Crippen LogP) is -0.239. The molecule has 0 radical (unpaired) electrons. The molecule has 0 bridgehead atoms. The fourth-order valence-corrected chi connectivity index (χ4v) is 0.606. The standard InChI is InChI=1S/C6H15NO2.ClH/c1-7-4-2-3-6(9)5-8;/h6-9H,2-5H2,1H3;1H. The Morgan fingerprint density at radius 3 is 2.50 bits per heavy atom. The van der Waals surface area contributed by atoms with Gasteiger partial charge in [-0.2, -0.15) is 0 Å². The van der Waals surface area contributed by atoms with E-state index in [1.807, 2.05) is 7.05 Å². The van der Waals surface area contributed by atoms with Crippen molar-refractivity contribution in [3.8, 4) is 0 Å². The summed E-state index contributed by atoms with van der Waals surface area (Å²) in [7, 11) is 1.87. The first kappa shape index (κ1) is 12.8. The summed E-state index contributed by atoms with van der Waals surface area (Å²) in [6.45, 7) is 0.779. The zero-order valence-corrected chi connectivity index (χ0v) is 7.02. The lowest BCUT2D eigenvalue weighted by Crippen LogP contribution is -2.15. The Hall–Kier alpha value is 0.170. The van der Waals surface area contributed by atoms with Gasteiger partial charge in [0, 0.05) is 0 Å². The second-order valence-corrected chi connectivity index (χ2v) is 2.08. The van der Waals surface area contributed by atoms with Gasteiger partial charge in [0.2, 0.25) is 0 Å². The molecule has 0 aromatic heterocycles. The highest BCUT2D eigenvalue weighted by Gasteiger charge is 1.98. The van der Waals surface area contributed by atoms with Crippen molar-refractivity contribution in [1.82, 2.24) is 5.32 Å². The lowest BCUT2D eigenvalue weighted by Gasteiger charge is -2.04. The lowest BCUT2D eigenvalue weighted by molar-refractivity contribution is 0.0867. The van der Waals surface area contributed by atoms with Gasteiger partial charge in [-0.15, -0.1) is 12.4 Å². The van der Waals surface area contributed by atoms with Crippen LogP contribution in [0, 0.1) is 0 Å². The van der Waals surface area contributed by atoms with Gasteiger partial charge in [-0.1, -0.05) is 0 Å². The van der Waals surface area contributed by atoms with Crippen molar-refractivity contribution in [3.05, 3.63) is 0 Å². The quantitative estimate of drug-likeness (QED) is 0.498. The van der Waals surface area contributed by atoms with Gasteiger partial charge in [-0.3, -0.25) is 0 Å². The number of aliphatic hydroxyl groups is 2. The Morgan fingerprint density at radius 2 is 2.10 bits per heavy atom. The van der Waals surface area contributed by atoms with Crippen LogP contribution in [0.3, 0.4) is 0 Å². The number of rotatable bonds is 5. The van der Waals surface area contributed by atoms with Crippen LogP contribution < -0.4 is 5.32 Å². The summed E-state index contributed by atoms with van der Waals surface area (Å²) < 4.78 is 0. The van der Waals surface area contributed by atoms with E-state index in [4.69, 9.17) is 10.2 Å². The van der Waals surface area contributed by atoms with Crippen molar-refractivity contribution in [2.75, 3.05) is 20.2 Å². The molecule has 0 aromatic rings. The summed E-state index contributed by atoms with van der Waals surface area (Å²) in [5.41, 5.74) is 0. The Labute approximate surface area is 67.9 Å². The topological polar surface area (TPSA) is 52.5 Å². The number of aliphatic hydroxyl groups excluding tert-OH is 2. The second kappa shape index (κ2) is 9.17. The monoisotopic (exact) mass is 169 g/mol. The molecule has 1 unspecified atom stereocenters. The largest absolute Gasteiger partial charge is 0.394 e. The Balaban J connectivity index is 0. The number of hydrogen-bond donors (Lipinski definition) is 3. The van der Waals surface area contributed by atoms with Crippen LogP contribution >= 0.6 is 12.4 Å². The molecule has 3 N–H and O–H groups in total. The molecule has 0 spiro atoms. The van der Waals surface area contributed by atoms with Crippen molar-refractivity contribution >= 4 is 12.4 Å². The second-order valence-electron chi connectivity index (χ2n) is 2.08. The Morgan fingerprint density at radius 1 is 1.50 bits per heavy atom. The Bertz CT molecular complexity index is 63.7. The van der Waals surface area contributed by atoms with Gasteiger partial charge in [-0.25, -0.2) is 0 Å². The maximum atomic E-state index is 8.81. The van der Waals surface area contributed by atoms with E-state index in [1.54, 1.807) is 0 Å². The molecule has 10 heavy (non-hydrogen) atoms. The third kappa shape index (κ3) is 8.17. The summed E-state index contributed by atoms with van der Waals surface area (Å²) in [5.74, 6) is 0. The third-order valence-electron chi connectivity index (χ3n) is 1.17. The first-order chi connectivity index (χ1) is 4.31. The number of nitrogens with one attached hydrogen (secondary N) is 1. The fraction of sp³-hybridized carbons (Fsp3) is 1.00. The molecule has 3 nitrogen and oxygen atoms in total. The summed E-state index contributed by atoms with van der Waals surface area (Å²) in [4.78, 5) is 0. The summed E-state index contributed by atoms with van der Waals surface area (Å²) >= 11 is 0. The van der Waals surface area contributed by atoms with Crippen LogP contribution in [0.15, 0.2) is 0 Å². The van der Waals surface area contributed by atoms with E-state index in [0.29, 0.717) is 6.42 Å². The van der Waals surface area contributed by atoms with Crippen LogP contribution in [-0.4, -0.2) is 36.5 Å². The van der Waals surface area contributed by atoms with Crippen LogP contribution in [-0.2, 0) is 0 Å². The molecule has 0 aliphatic rings. The van der Waals surface area contributed by atoms with Crippen LogP contribution in [0.25, 0.3) is 0 Å². The molecule has 0 aliphatic heterocycles. The molecule has 1 atom stereocenters. The van der Waals surface area contributed by atoms with Crippen molar-refractivity contribution in [2.24, 2.45) is 0 Å². The number of hydrogen-bond acceptors (Lipinski definition) is 3. The maximum Gasteiger partial charge on any atom is 0.0771 e. The van der Waals surface area contributed by atoms with E-state index in [2.05, 4.69) is 5.32 Å². The highest BCUT2D eigenvalue weighted by Crippen LogP contribution is 1.93. The van der Waals surface area contributed by atoms with Gasteiger partial charge in [-0.05, 0) is 26.4 Å². The van der Waals surface area contributed by atoms with Gasteiger partial charge in [0.05, 0.1) is 12.7 Å². The molecule has 0 amide bonds. The van der Waals surface area contributed by atoms with Crippen molar-refractivity contribution in [1.29, 1.82) is 0 Å². The minimum atomic E-state index is -0.529. The predicted molar refractivity (Wildman–Crippen MR) is 43.5 cm³/mol. The zero-order valence-electron chi connectivity index (χ0n) is 6.21. The molecular formula is C6H16ClNO2. The van der Waals surface area contributed by atoms with Crippen molar-refractivity contribution in [3.63, 3.8) is 0 Å². The van der Waals surface area contributed by atoms with E-state index in [0.717, 1.165) is 13.0 Å². The summed E-state index contributed by atoms with van der Waals surface area (Å²) in [5, 5.41) is 20.1. The van der Waals surface area contributed by atoms with E-state index >= 15 is 0 Å². The van der Waals surface area contributed by atoms with Crippen molar-refractivity contribution in [2.45, 2.75) is 18.9 Å². The highest BCUT2D eigenvalue weighted by molar-refractivity contribution is 5.85. The van der Waals surface area contributed by atoms with Crippen LogP contribution in [0.1, 0.15) is 12.8 Å². The third-order valence-corrected chi connectivity index (χ3v) is 1.17. The first-order valence-electron chi connectivity index (χ1n) is 3.24. The van der Waals surface area contributed by atoms with Crippen LogP contribution in [0.5, 0.6) is 0 Å². The molecule has 64 valence electrons. The average Bonchev–Trinajstić information content (AvgIpc) is 1.89. The van der Waals surface area contributed by atoms with Crippen molar-refractivity contribution < 1.29 is 10.2 Å². The molecular weight excluding hydrogens is 154 g/mol. The van der Waals surface area contributed by atoms with E-state index in [9.17, 15) is 0 Å². The van der Waals surface area contributed by atoms with Gasteiger partial charge < -0.3 is 15.5 Å². The van der Waals surface area contributed by atoms with Gasteiger partial charge in [0.15, 0.2) is 0 Å². The minimum absolute atomic E-state index is 0. The maximum absolute atomic E-state index is 8.81. The summed E-state index contributed by atoms with van der Waals surface area (Å²) in [6.07, 6.45) is 1.06. The molecule has 0 rings (SSSR count). The fourth-order valence-electron chi connectivity index (χ4n) is 0.606. The van der Waals surface area contributed by atoms with E-state index in [1.165, 1.54) is 0 Å². The molecule has 0 aliphatic carbocycles. The lowest BCUT2D eigenvalue weighted by atomic mass is 10.2. The molecule has 0 saturated carbocycles. The molecule has 0 aromatic carbocycles. The number of halogens is 1. The highest BCUT2D eigenvalue weighted by atomic mass is 35.5. The van der Waals surface area contributed by atoms with Crippen LogP contribution in [0.2, 0.25) is 0 Å². The van der Waals surface area contributed by atoms with E-state index < -0.39 is 6.10 Å². The SMILES string of the molecule is CNCCCC(O)CO.Cl. The van der Waals surface area contributed by atoms with Gasteiger partial charge in [0.25, 0.3) is 0 Å². The minimum Gasteiger partial charge on any atom is -0.394 e. The molecule has 0 fully saturated rings. The zero-order chi connectivity index (χ0) is 7.11. The average molecular weight is 170 g/mol. The first-order valence-corrected chi connectivity index (χ1v) is 3.24.